The van der Waals surface area contributed by atoms with Crippen molar-refractivity contribution < 1.29 is 9.72 Å². The molecule has 1 aromatic carbocycles. The molecule has 0 unspecified atom stereocenters. The van der Waals surface area contributed by atoms with Gasteiger partial charge in [0.1, 0.15) is 0 Å². The molecule has 21 heavy (non-hydrogen) atoms. The number of ketones is 1. The van der Waals surface area contributed by atoms with Crippen molar-refractivity contribution in [3.8, 4) is 0 Å². The van der Waals surface area contributed by atoms with Crippen molar-refractivity contribution in [3.05, 3.63) is 53.2 Å². The number of nitrogens with zero attached hydrogens (tertiary/aromatic N) is 3. The lowest BCUT2D eigenvalue weighted by Gasteiger charge is -2.05. The first-order valence-corrected chi connectivity index (χ1v) is 8.04. The number of aromatic nitrogens is 2. The average molecular weight is 482 g/mol. The van der Waals surface area contributed by atoms with E-state index in [0.29, 0.717) is 11.4 Å². The molecule has 0 aliphatic rings. The summed E-state index contributed by atoms with van der Waals surface area (Å²) < 4.78 is 3.26. The summed E-state index contributed by atoms with van der Waals surface area (Å²) in [6.07, 6.45) is 0. The number of imidazole rings is 1. The van der Waals surface area contributed by atoms with Crippen LogP contribution in [0.25, 0.3) is 0 Å². The van der Waals surface area contributed by atoms with E-state index in [1.807, 2.05) is 0 Å². The van der Waals surface area contributed by atoms with Crippen molar-refractivity contribution >= 4 is 59.4 Å². The molecule has 0 aliphatic carbocycles. The van der Waals surface area contributed by atoms with Crippen LogP contribution >= 0.6 is 47.8 Å². The monoisotopic (exact) mass is 479 g/mol. The van der Waals surface area contributed by atoms with Crippen LogP contribution < -0.4 is 0 Å². The Morgan fingerprint density at radius 2 is 2.00 bits per heavy atom. The largest absolute Gasteiger partial charge is 0.396 e. The lowest BCUT2D eigenvalue weighted by Crippen LogP contribution is -2.12. The molecule has 0 aliphatic heterocycles. The zero-order valence-electron chi connectivity index (χ0n) is 10.6. The van der Waals surface area contributed by atoms with Crippen LogP contribution in [0.3, 0.4) is 0 Å². The van der Waals surface area contributed by atoms with Crippen molar-refractivity contribution in [3.63, 3.8) is 0 Å². The lowest BCUT2D eigenvalue weighted by atomic mass is 10.1. The highest BCUT2D eigenvalue weighted by atomic mass is 79.9. The summed E-state index contributed by atoms with van der Waals surface area (Å²) in [5.74, 6) is -0.0605. The average Bonchev–Trinajstić information content (AvgIpc) is 2.70. The molecule has 0 N–H and O–H groups in total. The maximum atomic E-state index is 12.3. The van der Waals surface area contributed by atoms with Crippen molar-refractivity contribution in [2.75, 3.05) is 0 Å². The van der Waals surface area contributed by atoms with Gasteiger partial charge in [0.15, 0.2) is 10.4 Å². The van der Waals surface area contributed by atoms with E-state index in [1.54, 1.807) is 25.1 Å². The van der Waals surface area contributed by atoms with E-state index >= 15 is 0 Å². The molecule has 1 aromatic heterocycles. The number of aryl methyl sites for hydroxylation is 1. The molecule has 0 saturated heterocycles. The predicted molar refractivity (Wildman–Crippen MR) is 87.5 cm³/mol. The molecule has 1 heterocycles. The second-order valence-electron chi connectivity index (χ2n) is 4.17. The summed E-state index contributed by atoms with van der Waals surface area (Å²) in [6, 6.07) is 5.14. The Morgan fingerprint density at radius 3 is 2.52 bits per heavy atom. The molecule has 0 fully saturated rings. The van der Waals surface area contributed by atoms with Crippen molar-refractivity contribution in [2.45, 2.75) is 13.5 Å². The molecule has 0 radical (unpaired) electrons. The van der Waals surface area contributed by atoms with E-state index in [9.17, 15) is 14.9 Å². The zero-order valence-corrected chi connectivity index (χ0v) is 15.4. The minimum absolute atomic E-state index is 0.0265. The second kappa shape index (κ2) is 6.37. The predicted octanol–water partition coefficient (Wildman–Crippen LogP) is 4.27. The molecule has 0 atom stereocenters. The van der Waals surface area contributed by atoms with Crippen molar-refractivity contribution in [2.24, 2.45) is 0 Å². The van der Waals surface area contributed by atoms with Gasteiger partial charge in [-0.15, -0.1) is 0 Å². The number of rotatable bonds is 4. The molecule has 2 aromatic rings. The van der Waals surface area contributed by atoms with Crippen LogP contribution in [0.5, 0.6) is 0 Å². The lowest BCUT2D eigenvalue weighted by molar-refractivity contribution is -0.390. The van der Waals surface area contributed by atoms with Gasteiger partial charge in [-0.3, -0.25) is 9.36 Å². The van der Waals surface area contributed by atoms with Gasteiger partial charge >= 0.3 is 5.82 Å². The third kappa shape index (κ3) is 3.41. The zero-order chi connectivity index (χ0) is 15.7. The minimum Gasteiger partial charge on any atom is -0.358 e. The first-order valence-electron chi connectivity index (χ1n) is 5.66. The van der Waals surface area contributed by atoms with Gasteiger partial charge in [-0.2, -0.15) is 0 Å². The van der Waals surface area contributed by atoms with Gasteiger partial charge in [-0.25, -0.2) is 0 Å². The standard InChI is InChI=1S/C12H8Br3N3O3/c1-6-16-12(18(20)21)11(15)17(6)5-10(19)7-2-3-8(13)9(14)4-7/h2-4H,5H2,1H3. The number of Topliss-reactive ketones (excluding diaryl/α,β-unsaturated/α-hetero) is 1. The van der Waals surface area contributed by atoms with E-state index in [-0.39, 0.29) is 22.7 Å². The Hall–Kier alpha value is -1.06. The van der Waals surface area contributed by atoms with E-state index in [1.165, 1.54) is 4.57 Å². The quantitative estimate of drug-likeness (QED) is 0.371. The van der Waals surface area contributed by atoms with Crippen LogP contribution in [0.1, 0.15) is 16.2 Å². The van der Waals surface area contributed by atoms with Crippen molar-refractivity contribution in [1.82, 2.24) is 9.55 Å². The van der Waals surface area contributed by atoms with Gasteiger partial charge in [0.2, 0.25) is 5.82 Å². The molecular formula is C12H8Br3N3O3. The Bertz CT molecular complexity index is 743. The summed E-state index contributed by atoms with van der Waals surface area (Å²) in [7, 11) is 0. The van der Waals surface area contributed by atoms with Crippen LogP contribution in [-0.4, -0.2) is 20.3 Å². The fourth-order valence-electron chi connectivity index (χ4n) is 1.73. The van der Waals surface area contributed by atoms with Crippen LogP contribution in [0, 0.1) is 17.0 Å². The summed E-state index contributed by atoms with van der Waals surface area (Å²) in [5.41, 5.74) is 0.507. The minimum atomic E-state index is -0.589. The number of hydrogen-bond donors (Lipinski definition) is 0. The Balaban J connectivity index is 2.31. The molecule has 0 saturated carbocycles. The van der Waals surface area contributed by atoms with Gasteiger partial charge in [-0.05, 0) is 69.8 Å². The molecular weight excluding hydrogens is 474 g/mol. The van der Waals surface area contributed by atoms with Crippen molar-refractivity contribution in [1.29, 1.82) is 0 Å². The first-order chi connectivity index (χ1) is 9.81. The van der Waals surface area contributed by atoms with E-state index in [0.717, 1.165) is 8.95 Å². The smallest absolute Gasteiger partial charge is 0.358 e. The summed E-state index contributed by atoms with van der Waals surface area (Å²) in [5, 5.41) is 10.8. The van der Waals surface area contributed by atoms with Gasteiger partial charge in [-0.1, -0.05) is 6.07 Å². The van der Waals surface area contributed by atoms with Gasteiger partial charge < -0.3 is 10.1 Å². The highest BCUT2D eigenvalue weighted by Gasteiger charge is 2.24. The molecule has 0 spiro atoms. The Labute approximate surface area is 145 Å². The summed E-state index contributed by atoms with van der Waals surface area (Å²) >= 11 is 9.79. The Morgan fingerprint density at radius 1 is 1.33 bits per heavy atom. The number of benzene rings is 1. The molecule has 6 nitrogen and oxygen atoms in total. The van der Waals surface area contributed by atoms with Crippen LogP contribution in [0.2, 0.25) is 0 Å². The van der Waals surface area contributed by atoms with E-state index in [2.05, 4.69) is 52.8 Å². The molecule has 0 amide bonds. The second-order valence-corrected chi connectivity index (χ2v) is 6.63. The van der Waals surface area contributed by atoms with Crippen LogP contribution in [0.15, 0.2) is 31.7 Å². The summed E-state index contributed by atoms with van der Waals surface area (Å²) in [4.78, 5) is 26.4. The maximum absolute atomic E-state index is 12.3. The first kappa shape index (κ1) is 16.3. The molecule has 110 valence electrons. The SMILES string of the molecule is Cc1nc([N+](=O)[O-])c(Br)n1CC(=O)c1ccc(Br)c(Br)c1. The number of halogens is 3. The van der Waals surface area contributed by atoms with E-state index in [4.69, 9.17) is 0 Å². The molecule has 9 heteroatoms. The number of carbonyl (C=O) groups excluding carboxylic acids is 1. The fraction of sp³-hybridized carbons (Fsp3) is 0.167. The highest BCUT2D eigenvalue weighted by molar-refractivity contribution is 9.13. The third-order valence-electron chi connectivity index (χ3n) is 2.80. The Kier molecular flexibility index (Phi) is 4.95. The third-order valence-corrected chi connectivity index (χ3v) is 5.46. The van der Waals surface area contributed by atoms with Gasteiger partial charge in [0.25, 0.3) is 0 Å². The highest BCUT2D eigenvalue weighted by Crippen LogP contribution is 2.27. The van der Waals surface area contributed by atoms with Crippen LogP contribution in [-0.2, 0) is 6.54 Å². The topological polar surface area (TPSA) is 78.0 Å². The maximum Gasteiger partial charge on any atom is 0.396 e. The number of nitro groups is 1. The molecule has 2 rings (SSSR count). The fourth-order valence-corrected chi connectivity index (χ4v) is 2.97. The van der Waals surface area contributed by atoms with Gasteiger partial charge in [0.05, 0.1) is 6.54 Å². The summed E-state index contributed by atoms with van der Waals surface area (Å²) in [6.45, 7) is 1.59. The van der Waals surface area contributed by atoms with Crippen LogP contribution in [0.4, 0.5) is 5.82 Å². The molecule has 0 bridgehead atoms. The number of hydrogen-bond acceptors (Lipinski definition) is 4. The normalized spacial score (nSPS) is 10.7. The van der Waals surface area contributed by atoms with Gasteiger partial charge in [0, 0.05) is 21.4 Å². The van der Waals surface area contributed by atoms with E-state index < -0.39 is 4.92 Å². The number of carbonyl (C=O) groups is 1.